The molecule has 1 heterocycles. The van der Waals surface area contributed by atoms with Gasteiger partial charge in [-0.2, -0.15) is 0 Å². The van der Waals surface area contributed by atoms with Crippen molar-refractivity contribution in [3.8, 4) is 0 Å². The summed E-state index contributed by atoms with van der Waals surface area (Å²) in [5.41, 5.74) is 2.78. The number of fused-ring (bicyclic) bond motifs is 1. The largest absolute Gasteiger partial charge is 0.345 e. The van der Waals surface area contributed by atoms with Gasteiger partial charge in [0.05, 0.1) is 0 Å². The lowest BCUT2D eigenvalue weighted by Crippen LogP contribution is -2.10. The van der Waals surface area contributed by atoms with Crippen LogP contribution in [-0.4, -0.2) is 18.2 Å². The highest BCUT2D eigenvalue weighted by Crippen LogP contribution is 2.24. The van der Waals surface area contributed by atoms with E-state index in [1.54, 1.807) is 0 Å². The summed E-state index contributed by atoms with van der Waals surface area (Å²) in [5.74, 6) is 0. The Hall–Kier alpha value is -0.800. The Bertz CT molecular complexity index is 502. The molecule has 0 unspecified atom stereocenters. The molecule has 2 aromatic rings. The lowest BCUT2D eigenvalue weighted by Gasteiger charge is -2.07. The van der Waals surface area contributed by atoms with Crippen LogP contribution in [0.15, 0.2) is 28.7 Å². The van der Waals surface area contributed by atoms with Gasteiger partial charge in [-0.15, -0.1) is 0 Å². The summed E-state index contributed by atoms with van der Waals surface area (Å²) in [6.45, 7) is 4.33. The second-order valence-corrected chi connectivity index (χ2v) is 5.21. The first-order valence-corrected chi connectivity index (χ1v) is 6.98. The Morgan fingerprint density at radius 3 is 2.82 bits per heavy atom. The number of nitrogens with one attached hydrogen (secondary N) is 1. The molecule has 0 fully saturated rings. The molecule has 0 aliphatic heterocycles. The molecule has 92 valence electrons. The number of hydrogen-bond donors (Lipinski definition) is 1. The van der Waals surface area contributed by atoms with Crippen LogP contribution in [0.3, 0.4) is 0 Å². The zero-order valence-corrected chi connectivity index (χ0v) is 12.0. The third-order valence-electron chi connectivity index (χ3n) is 3.13. The zero-order valence-electron chi connectivity index (χ0n) is 10.5. The fourth-order valence-corrected chi connectivity index (χ4v) is 2.70. The van der Waals surface area contributed by atoms with Gasteiger partial charge in [0.15, 0.2) is 0 Å². The highest BCUT2D eigenvalue weighted by molar-refractivity contribution is 9.10. The van der Waals surface area contributed by atoms with Crippen molar-refractivity contribution in [2.24, 2.45) is 0 Å². The monoisotopic (exact) mass is 294 g/mol. The van der Waals surface area contributed by atoms with Crippen LogP contribution in [-0.2, 0) is 13.0 Å². The van der Waals surface area contributed by atoms with Gasteiger partial charge in [0.25, 0.3) is 0 Å². The average Bonchev–Trinajstić information content (AvgIpc) is 2.66. The van der Waals surface area contributed by atoms with Crippen LogP contribution in [0, 0.1) is 0 Å². The Kier molecular flexibility index (Phi) is 4.24. The van der Waals surface area contributed by atoms with Gasteiger partial charge in [0, 0.05) is 27.6 Å². The maximum absolute atomic E-state index is 3.53. The molecule has 0 saturated carbocycles. The van der Waals surface area contributed by atoms with Crippen LogP contribution in [0.5, 0.6) is 0 Å². The SMILES string of the molecule is CCn1c(CCCNC)cc2cc(Br)ccc21. The van der Waals surface area contributed by atoms with Crippen molar-refractivity contribution < 1.29 is 0 Å². The molecule has 0 aliphatic rings. The first kappa shape index (κ1) is 12.7. The van der Waals surface area contributed by atoms with Gasteiger partial charge < -0.3 is 9.88 Å². The summed E-state index contributed by atoms with van der Waals surface area (Å²) in [7, 11) is 2.01. The predicted octanol–water partition coefficient (Wildman–Crippen LogP) is 3.58. The number of aromatic nitrogens is 1. The molecule has 0 atom stereocenters. The lowest BCUT2D eigenvalue weighted by atomic mass is 10.2. The van der Waals surface area contributed by atoms with Gasteiger partial charge in [0.2, 0.25) is 0 Å². The Morgan fingerprint density at radius 1 is 1.29 bits per heavy atom. The van der Waals surface area contributed by atoms with E-state index >= 15 is 0 Å². The highest BCUT2D eigenvalue weighted by atomic mass is 79.9. The second kappa shape index (κ2) is 5.69. The average molecular weight is 295 g/mol. The third-order valence-corrected chi connectivity index (χ3v) is 3.62. The van der Waals surface area contributed by atoms with Crippen LogP contribution in [0.25, 0.3) is 10.9 Å². The van der Waals surface area contributed by atoms with Crippen LogP contribution in [0.1, 0.15) is 19.0 Å². The molecule has 3 heteroatoms. The summed E-state index contributed by atoms with van der Waals surface area (Å²) in [4.78, 5) is 0. The summed E-state index contributed by atoms with van der Waals surface area (Å²) >= 11 is 3.53. The fourth-order valence-electron chi connectivity index (χ4n) is 2.33. The van der Waals surface area contributed by atoms with Gasteiger partial charge in [-0.25, -0.2) is 0 Å². The fraction of sp³-hybridized carbons (Fsp3) is 0.429. The van der Waals surface area contributed by atoms with Crippen LogP contribution < -0.4 is 5.32 Å². The molecule has 1 aromatic carbocycles. The molecule has 0 spiro atoms. The van der Waals surface area contributed by atoms with Crippen LogP contribution in [0.2, 0.25) is 0 Å². The molecular formula is C14H19BrN2. The van der Waals surface area contributed by atoms with Gasteiger partial charge in [-0.05, 0) is 57.6 Å². The van der Waals surface area contributed by atoms with Crippen molar-refractivity contribution in [1.29, 1.82) is 0 Å². The van der Waals surface area contributed by atoms with Crippen molar-refractivity contribution >= 4 is 26.8 Å². The molecule has 2 nitrogen and oxygen atoms in total. The molecule has 0 bridgehead atoms. The quantitative estimate of drug-likeness (QED) is 0.834. The van der Waals surface area contributed by atoms with E-state index in [1.165, 1.54) is 23.0 Å². The maximum atomic E-state index is 3.53. The summed E-state index contributed by atoms with van der Waals surface area (Å²) < 4.78 is 3.57. The molecule has 2 rings (SSSR count). The van der Waals surface area contributed by atoms with E-state index < -0.39 is 0 Å². The minimum Gasteiger partial charge on any atom is -0.345 e. The molecule has 0 amide bonds. The van der Waals surface area contributed by atoms with Gasteiger partial charge in [-0.1, -0.05) is 15.9 Å². The summed E-state index contributed by atoms with van der Waals surface area (Å²) in [6.07, 6.45) is 2.33. The molecular weight excluding hydrogens is 276 g/mol. The second-order valence-electron chi connectivity index (χ2n) is 4.29. The van der Waals surface area contributed by atoms with Crippen molar-refractivity contribution in [3.05, 3.63) is 34.4 Å². The highest BCUT2D eigenvalue weighted by Gasteiger charge is 2.07. The van der Waals surface area contributed by atoms with Crippen molar-refractivity contribution in [3.63, 3.8) is 0 Å². The minimum absolute atomic E-state index is 1.04. The smallest absolute Gasteiger partial charge is 0.0483 e. The van der Waals surface area contributed by atoms with Crippen LogP contribution >= 0.6 is 15.9 Å². The normalized spacial score (nSPS) is 11.2. The standard InChI is InChI=1S/C14H19BrN2/c1-3-17-13(5-4-8-16-2)10-11-9-12(15)6-7-14(11)17/h6-7,9-10,16H,3-5,8H2,1-2H3. The number of hydrogen-bond acceptors (Lipinski definition) is 1. The van der Waals surface area contributed by atoms with Crippen molar-refractivity contribution in [1.82, 2.24) is 9.88 Å². The molecule has 0 aliphatic carbocycles. The maximum Gasteiger partial charge on any atom is 0.0483 e. The Balaban J connectivity index is 2.34. The van der Waals surface area contributed by atoms with E-state index in [2.05, 4.69) is 57.0 Å². The van der Waals surface area contributed by atoms with E-state index in [9.17, 15) is 0 Å². The van der Waals surface area contributed by atoms with E-state index in [-0.39, 0.29) is 0 Å². The number of benzene rings is 1. The minimum atomic E-state index is 1.04. The first-order valence-electron chi connectivity index (χ1n) is 6.18. The third kappa shape index (κ3) is 2.72. The van der Waals surface area contributed by atoms with Crippen molar-refractivity contribution in [2.75, 3.05) is 13.6 Å². The molecule has 0 radical (unpaired) electrons. The number of halogens is 1. The van der Waals surface area contributed by atoms with Gasteiger partial charge in [0.1, 0.15) is 0 Å². The van der Waals surface area contributed by atoms with Crippen molar-refractivity contribution in [2.45, 2.75) is 26.3 Å². The first-order chi connectivity index (χ1) is 8.26. The zero-order chi connectivity index (χ0) is 12.3. The van der Waals surface area contributed by atoms with E-state index in [0.29, 0.717) is 0 Å². The topological polar surface area (TPSA) is 17.0 Å². The van der Waals surface area contributed by atoms with Crippen LogP contribution in [0.4, 0.5) is 0 Å². The number of nitrogens with zero attached hydrogens (tertiary/aromatic N) is 1. The molecule has 1 N–H and O–H groups in total. The predicted molar refractivity (Wildman–Crippen MR) is 77.6 cm³/mol. The number of rotatable bonds is 5. The molecule has 1 aromatic heterocycles. The molecule has 0 saturated heterocycles. The van der Waals surface area contributed by atoms with Gasteiger partial charge in [-0.3, -0.25) is 0 Å². The van der Waals surface area contributed by atoms with Gasteiger partial charge >= 0.3 is 0 Å². The van der Waals surface area contributed by atoms with E-state index in [4.69, 9.17) is 0 Å². The molecule has 17 heavy (non-hydrogen) atoms. The Morgan fingerprint density at radius 2 is 2.12 bits per heavy atom. The summed E-state index contributed by atoms with van der Waals surface area (Å²) in [5, 5.41) is 4.54. The Labute approximate surface area is 111 Å². The lowest BCUT2D eigenvalue weighted by molar-refractivity contribution is 0.673. The number of aryl methyl sites for hydroxylation is 2. The van der Waals surface area contributed by atoms with E-state index in [0.717, 1.165) is 24.0 Å². The van der Waals surface area contributed by atoms with E-state index in [1.807, 2.05) is 7.05 Å². The summed E-state index contributed by atoms with van der Waals surface area (Å²) in [6, 6.07) is 8.83.